The van der Waals surface area contributed by atoms with E-state index in [2.05, 4.69) is 57.7 Å². The minimum absolute atomic E-state index is 0.133. The molecule has 0 aromatic carbocycles. The summed E-state index contributed by atoms with van der Waals surface area (Å²) in [4.78, 5) is 44.9. The number of phosphoric ester groups is 1. The van der Waals surface area contributed by atoms with Crippen LogP contribution in [0, 0.1) is 0 Å². The number of aliphatic hydroxyl groups excluding tert-OH is 1. The normalized spacial score (nSPS) is 14.7. The summed E-state index contributed by atoms with van der Waals surface area (Å²) >= 11 is 0. The van der Waals surface area contributed by atoms with Crippen LogP contribution in [0.1, 0.15) is 110 Å². The van der Waals surface area contributed by atoms with Gasteiger partial charge < -0.3 is 25.2 Å². The van der Waals surface area contributed by atoms with E-state index in [0.29, 0.717) is 12.8 Å². The van der Waals surface area contributed by atoms with Gasteiger partial charge in [0.2, 0.25) is 5.91 Å². The third-order valence-electron chi connectivity index (χ3n) is 6.19. The molecule has 0 heterocycles. The molecule has 0 rings (SSSR count). The number of hydrogen-bond donors (Lipinski definition) is 4. The topological polar surface area (TPSA) is 169 Å². The maximum atomic E-state index is 12.2. The molecule has 12 heteroatoms. The predicted molar refractivity (Wildman–Crippen MR) is 166 cm³/mol. The first-order valence-electron chi connectivity index (χ1n) is 15.5. The predicted octanol–water partition coefficient (Wildman–Crippen LogP) is 6.15. The average molecular weight is 632 g/mol. The third kappa shape index (κ3) is 27.0. The van der Waals surface area contributed by atoms with Gasteiger partial charge in [0.25, 0.3) is 0 Å². The second-order valence-electron chi connectivity index (χ2n) is 10.3. The SMILES string of the molecule is CC/C=C\C/C=C\C/C=C\CCCCCCCCCC(=O)NC(COP(=O)(O)OCC(O)COC(=O)CCCC)C(=O)O. The lowest BCUT2D eigenvalue weighted by Gasteiger charge is -2.18. The van der Waals surface area contributed by atoms with Crippen molar-refractivity contribution < 1.29 is 47.8 Å². The number of carbonyl (C=O) groups excluding carboxylic acids is 2. The van der Waals surface area contributed by atoms with E-state index in [-0.39, 0.29) is 12.8 Å². The van der Waals surface area contributed by atoms with E-state index in [1.54, 1.807) is 0 Å². The minimum atomic E-state index is -4.73. The number of unbranched alkanes of at least 4 members (excludes halogenated alkanes) is 8. The van der Waals surface area contributed by atoms with Crippen LogP contribution in [0.25, 0.3) is 0 Å². The molecule has 0 aromatic rings. The smallest absolute Gasteiger partial charge is 0.472 e. The fourth-order valence-electron chi connectivity index (χ4n) is 3.72. The van der Waals surface area contributed by atoms with Crippen molar-refractivity contribution in [3.63, 3.8) is 0 Å². The van der Waals surface area contributed by atoms with Crippen LogP contribution in [0.15, 0.2) is 36.5 Å². The minimum Gasteiger partial charge on any atom is -0.480 e. The molecule has 3 unspecified atom stereocenters. The van der Waals surface area contributed by atoms with Crippen molar-refractivity contribution in [2.45, 2.75) is 122 Å². The lowest BCUT2D eigenvalue weighted by atomic mass is 10.1. The number of hydrogen-bond acceptors (Lipinski definition) is 8. The van der Waals surface area contributed by atoms with Crippen LogP contribution >= 0.6 is 7.82 Å². The van der Waals surface area contributed by atoms with Gasteiger partial charge in [0.15, 0.2) is 6.04 Å². The monoisotopic (exact) mass is 631 g/mol. The van der Waals surface area contributed by atoms with E-state index in [9.17, 15) is 34.1 Å². The van der Waals surface area contributed by atoms with Gasteiger partial charge in [-0.05, 0) is 44.9 Å². The lowest BCUT2D eigenvalue weighted by molar-refractivity contribution is -0.147. The second-order valence-corrected chi connectivity index (χ2v) is 11.7. The van der Waals surface area contributed by atoms with E-state index in [4.69, 9.17) is 4.74 Å². The molecule has 0 aliphatic rings. The van der Waals surface area contributed by atoms with Crippen molar-refractivity contribution in [1.82, 2.24) is 5.32 Å². The Labute approximate surface area is 257 Å². The van der Waals surface area contributed by atoms with Crippen LogP contribution in [-0.4, -0.2) is 64.9 Å². The molecule has 3 atom stereocenters. The number of esters is 1. The maximum Gasteiger partial charge on any atom is 0.472 e. The highest BCUT2D eigenvalue weighted by atomic mass is 31.2. The summed E-state index contributed by atoms with van der Waals surface area (Å²) in [5, 5.41) is 21.4. The second kappa shape index (κ2) is 27.3. The highest BCUT2D eigenvalue weighted by molar-refractivity contribution is 7.47. The highest BCUT2D eigenvalue weighted by Gasteiger charge is 2.28. The van der Waals surface area contributed by atoms with Gasteiger partial charge in [-0.15, -0.1) is 0 Å². The van der Waals surface area contributed by atoms with Crippen LogP contribution < -0.4 is 5.32 Å². The Bertz CT molecular complexity index is 890. The van der Waals surface area contributed by atoms with E-state index in [1.807, 2.05) is 6.92 Å². The number of allylic oxidation sites excluding steroid dienone is 6. The zero-order valence-corrected chi connectivity index (χ0v) is 26.9. The van der Waals surface area contributed by atoms with E-state index >= 15 is 0 Å². The number of phosphoric acid groups is 1. The van der Waals surface area contributed by atoms with Crippen molar-refractivity contribution in [3.8, 4) is 0 Å². The Morgan fingerprint density at radius 1 is 0.767 bits per heavy atom. The summed E-state index contributed by atoms with van der Waals surface area (Å²) in [7, 11) is -4.73. The number of nitrogens with one attached hydrogen (secondary N) is 1. The Morgan fingerprint density at radius 3 is 1.98 bits per heavy atom. The molecule has 11 nitrogen and oxygen atoms in total. The Morgan fingerprint density at radius 2 is 1.35 bits per heavy atom. The molecule has 0 aliphatic heterocycles. The molecule has 43 heavy (non-hydrogen) atoms. The van der Waals surface area contributed by atoms with Crippen LogP contribution in [0.2, 0.25) is 0 Å². The molecule has 0 aromatic heterocycles. The summed E-state index contributed by atoms with van der Waals surface area (Å²) in [6, 6.07) is -1.55. The largest absolute Gasteiger partial charge is 0.480 e. The highest BCUT2D eigenvalue weighted by Crippen LogP contribution is 2.43. The first-order chi connectivity index (χ1) is 20.6. The summed E-state index contributed by atoms with van der Waals surface area (Å²) in [6.45, 7) is 2.13. The summed E-state index contributed by atoms with van der Waals surface area (Å²) in [5.41, 5.74) is 0. The van der Waals surface area contributed by atoms with Gasteiger partial charge in [0.05, 0.1) is 13.2 Å². The third-order valence-corrected chi connectivity index (χ3v) is 7.14. The van der Waals surface area contributed by atoms with Gasteiger partial charge in [-0.3, -0.25) is 18.6 Å². The molecule has 0 radical (unpaired) electrons. The molecule has 0 saturated carbocycles. The van der Waals surface area contributed by atoms with Crippen LogP contribution in [0.3, 0.4) is 0 Å². The van der Waals surface area contributed by atoms with Crippen molar-refractivity contribution in [2.24, 2.45) is 0 Å². The zero-order valence-electron chi connectivity index (χ0n) is 26.0. The molecular weight excluding hydrogens is 577 g/mol. The van der Waals surface area contributed by atoms with Crippen molar-refractivity contribution >= 4 is 25.7 Å². The Kier molecular flexibility index (Phi) is 25.8. The average Bonchev–Trinajstić information content (AvgIpc) is 2.97. The zero-order chi connectivity index (χ0) is 32.2. The number of carbonyl (C=O) groups is 3. The number of amides is 1. The standard InChI is InChI=1S/C31H54NO10P/c1-3-5-7-8-9-10-11-12-13-14-15-16-17-18-19-20-21-22-29(34)32-28(31(36)37)26-42-43(38,39)41-25-27(33)24-40-30(35)23-6-4-2/h5,7,9-10,12-13,27-28,33H,3-4,6,8,11,14-26H2,1-2H3,(H,32,34)(H,36,37)(H,38,39)/b7-5-,10-9-,13-12-. The van der Waals surface area contributed by atoms with E-state index in [0.717, 1.165) is 70.6 Å². The van der Waals surface area contributed by atoms with E-state index in [1.165, 1.54) is 0 Å². The summed E-state index contributed by atoms with van der Waals surface area (Å²) < 4.78 is 26.2. The first-order valence-corrected chi connectivity index (χ1v) is 17.0. The number of rotatable bonds is 28. The molecule has 4 N–H and O–H groups in total. The van der Waals surface area contributed by atoms with E-state index < -0.39 is 57.6 Å². The van der Waals surface area contributed by atoms with Crippen LogP contribution in [0.4, 0.5) is 0 Å². The van der Waals surface area contributed by atoms with Gasteiger partial charge in [-0.25, -0.2) is 9.36 Å². The van der Waals surface area contributed by atoms with Gasteiger partial charge in [0, 0.05) is 12.8 Å². The number of aliphatic hydroxyl groups is 1. The number of aliphatic carboxylic acids is 1. The van der Waals surface area contributed by atoms with Gasteiger partial charge >= 0.3 is 19.8 Å². The van der Waals surface area contributed by atoms with Gasteiger partial charge in [0.1, 0.15) is 12.7 Å². The fraction of sp³-hybridized carbons (Fsp3) is 0.710. The lowest BCUT2D eigenvalue weighted by Crippen LogP contribution is -2.43. The van der Waals surface area contributed by atoms with Crippen molar-refractivity contribution in [3.05, 3.63) is 36.5 Å². The molecule has 0 spiro atoms. The molecular formula is C31H54NO10P. The quantitative estimate of drug-likeness (QED) is 0.0340. The van der Waals surface area contributed by atoms with Gasteiger partial charge in [-0.1, -0.05) is 88.8 Å². The molecule has 0 bridgehead atoms. The number of carboxylic acid groups (broad SMARTS) is 1. The summed E-state index contributed by atoms with van der Waals surface area (Å²) in [6.07, 6.45) is 24.6. The first kappa shape index (κ1) is 40.7. The molecule has 248 valence electrons. The van der Waals surface area contributed by atoms with Crippen LogP contribution in [-0.2, 0) is 32.7 Å². The molecule has 0 saturated heterocycles. The molecule has 0 fully saturated rings. The Balaban J connectivity index is 3.99. The summed E-state index contributed by atoms with van der Waals surface area (Å²) in [5.74, 6) is -2.43. The van der Waals surface area contributed by atoms with Crippen LogP contribution in [0.5, 0.6) is 0 Å². The Hall–Kier alpha value is -2.30. The molecule has 0 aliphatic carbocycles. The molecule has 1 amide bonds. The van der Waals surface area contributed by atoms with Crippen molar-refractivity contribution in [2.75, 3.05) is 19.8 Å². The van der Waals surface area contributed by atoms with Crippen molar-refractivity contribution in [1.29, 1.82) is 0 Å². The van der Waals surface area contributed by atoms with Gasteiger partial charge in [-0.2, -0.15) is 0 Å². The fourth-order valence-corrected chi connectivity index (χ4v) is 4.49. The number of ether oxygens (including phenoxy) is 1. The number of carboxylic acids is 1. The maximum absolute atomic E-state index is 12.2.